The second-order valence-electron chi connectivity index (χ2n) is 9.41. The van der Waals surface area contributed by atoms with Crippen molar-refractivity contribution in [2.45, 2.75) is 37.6 Å². The van der Waals surface area contributed by atoms with E-state index in [0.717, 1.165) is 22.3 Å². The minimum absolute atomic E-state index is 0.105. The topological polar surface area (TPSA) is 105 Å². The average molecular weight is 472 g/mol. The van der Waals surface area contributed by atoms with Crippen LogP contribution in [0.3, 0.4) is 0 Å². The van der Waals surface area contributed by atoms with Gasteiger partial charge in [0.2, 0.25) is 5.91 Å². The van der Waals surface area contributed by atoms with E-state index in [4.69, 9.17) is 9.84 Å². The SMILES string of the molecule is CC(C)(CC(=O)NC[C@@H]1[C@H](C(=O)O)C1(F)F)NC(=O)OCC1c2ccccc2-c2ccccc21. The zero-order valence-electron chi connectivity index (χ0n) is 18.8. The minimum Gasteiger partial charge on any atom is -0.481 e. The summed E-state index contributed by atoms with van der Waals surface area (Å²) < 4.78 is 32.4. The van der Waals surface area contributed by atoms with E-state index in [1.165, 1.54) is 0 Å². The van der Waals surface area contributed by atoms with Crippen molar-refractivity contribution in [2.75, 3.05) is 13.2 Å². The third kappa shape index (κ3) is 4.60. The van der Waals surface area contributed by atoms with Crippen molar-refractivity contribution >= 4 is 18.0 Å². The van der Waals surface area contributed by atoms with Gasteiger partial charge in [0, 0.05) is 24.4 Å². The van der Waals surface area contributed by atoms with Gasteiger partial charge in [0.15, 0.2) is 0 Å². The van der Waals surface area contributed by atoms with E-state index in [1.807, 2.05) is 48.5 Å². The molecule has 0 heterocycles. The molecule has 180 valence electrons. The van der Waals surface area contributed by atoms with Crippen LogP contribution in [-0.4, -0.2) is 47.7 Å². The number of alkyl halides is 2. The summed E-state index contributed by atoms with van der Waals surface area (Å²) in [4.78, 5) is 35.5. The fraction of sp³-hybridized carbons (Fsp3) is 0.400. The van der Waals surface area contributed by atoms with Gasteiger partial charge in [-0.3, -0.25) is 9.59 Å². The Morgan fingerprint density at radius 1 is 1.03 bits per heavy atom. The highest BCUT2D eigenvalue weighted by atomic mass is 19.3. The zero-order chi connectivity index (χ0) is 24.7. The predicted octanol–water partition coefficient (Wildman–Crippen LogP) is 3.78. The van der Waals surface area contributed by atoms with Crippen LogP contribution in [0.4, 0.5) is 13.6 Å². The Balaban J connectivity index is 1.28. The number of carbonyl (C=O) groups is 3. The Hall–Kier alpha value is -3.49. The number of hydrogen-bond donors (Lipinski definition) is 3. The molecule has 2 atom stereocenters. The van der Waals surface area contributed by atoms with E-state index in [1.54, 1.807) is 13.8 Å². The van der Waals surface area contributed by atoms with E-state index in [9.17, 15) is 23.2 Å². The number of benzene rings is 2. The highest BCUT2D eigenvalue weighted by molar-refractivity contribution is 5.80. The van der Waals surface area contributed by atoms with Gasteiger partial charge in [-0.15, -0.1) is 0 Å². The summed E-state index contributed by atoms with van der Waals surface area (Å²) in [6.45, 7) is 2.90. The maximum atomic E-state index is 13.5. The number of carboxylic acid groups (broad SMARTS) is 1. The number of nitrogens with one attached hydrogen (secondary N) is 2. The standard InChI is InChI=1S/C25H26F2N2O5/c1-24(2,11-20(30)28-12-19-21(22(31)32)25(19,26)27)29-23(33)34-13-18-16-9-5-3-7-14(16)15-8-4-6-10-17(15)18/h3-10,18-19,21H,11-13H2,1-2H3,(H,28,30)(H,29,33)(H,31,32)/t19-,21-/m1/s1. The number of hydrogen-bond acceptors (Lipinski definition) is 4. The molecule has 9 heteroatoms. The fourth-order valence-electron chi connectivity index (χ4n) is 4.62. The van der Waals surface area contributed by atoms with Gasteiger partial charge in [0.1, 0.15) is 12.5 Å². The van der Waals surface area contributed by atoms with Crippen molar-refractivity contribution in [1.29, 1.82) is 0 Å². The molecule has 7 nitrogen and oxygen atoms in total. The van der Waals surface area contributed by atoms with Crippen molar-refractivity contribution in [3.8, 4) is 11.1 Å². The lowest BCUT2D eigenvalue weighted by Crippen LogP contribution is -2.47. The molecule has 4 rings (SSSR count). The Morgan fingerprint density at radius 2 is 1.59 bits per heavy atom. The van der Waals surface area contributed by atoms with Crippen LogP contribution in [0.15, 0.2) is 48.5 Å². The summed E-state index contributed by atoms with van der Waals surface area (Å²) in [7, 11) is 0. The molecule has 34 heavy (non-hydrogen) atoms. The number of halogens is 2. The van der Waals surface area contributed by atoms with E-state index >= 15 is 0 Å². The molecule has 2 aliphatic rings. The Bertz CT molecular complexity index is 1090. The summed E-state index contributed by atoms with van der Waals surface area (Å²) in [5.74, 6) is -8.79. The van der Waals surface area contributed by atoms with Gasteiger partial charge in [-0.05, 0) is 36.1 Å². The van der Waals surface area contributed by atoms with Gasteiger partial charge in [-0.1, -0.05) is 48.5 Å². The monoisotopic (exact) mass is 472 g/mol. The molecule has 0 spiro atoms. The molecule has 2 aromatic rings. The van der Waals surface area contributed by atoms with Gasteiger partial charge in [0.05, 0.1) is 5.92 Å². The van der Waals surface area contributed by atoms with Crippen molar-refractivity contribution in [3.63, 3.8) is 0 Å². The number of aliphatic carboxylic acids is 1. The molecule has 0 saturated heterocycles. The second-order valence-corrected chi connectivity index (χ2v) is 9.41. The van der Waals surface area contributed by atoms with E-state index in [0.29, 0.717) is 0 Å². The number of carbonyl (C=O) groups excluding carboxylic acids is 2. The Kier molecular flexibility index (Phi) is 6.05. The van der Waals surface area contributed by atoms with E-state index in [2.05, 4.69) is 10.6 Å². The van der Waals surface area contributed by atoms with Gasteiger partial charge < -0.3 is 20.5 Å². The van der Waals surface area contributed by atoms with Crippen LogP contribution in [0, 0.1) is 11.8 Å². The normalized spacial score (nSPS) is 20.1. The number of carboxylic acids is 1. The second kappa shape index (κ2) is 8.70. The van der Waals surface area contributed by atoms with Gasteiger partial charge in [-0.25, -0.2) is 13.6 Å². The van der Waals surface area contributed by atoms with Crippen molar-refractivity contribution < 1.29 is 33.0 Å². The molecule has 0 bridgehead atoms. The maximum Gasteiger partial charge on any atom is 0.407 e. The van der Waals surface area contributed by atoms with Crippen molar-refractivity contribution in [1.82, 2.24) is 10.6 Å². The number of rotatable bonds is 8. The third-order valence-corrected chi connectivity index (χ3v) is 6.37. The summed E-state index contributed by atoms with van der Waals surface area (Å²) in [6.07, 6.45) is -0.882. The number of alkyl carbamates (subject to hydrolysis) is 1. The van der Waals surface area contributed by atoms with Gasteiger partial charge in [-0.2, -0.15) is 0 Å². The molecule has 1 saturated carbocycles. The van der Waals surface area contributed by atoms with Crippen molar-refractivity contribution in [3.05, 3.63) is 59.7 Å². The lowest BCUT2D eigenvalue weighted by atomic mass is 9.98. The molecule has 2 aromatic carbocycles. The molecular formula is C25H26F2N2O5. The summed E-state index contributed by atoms with van der Waals surface area (Å²) in [5.41, 5.74) is 3.36. The van der Waals surface area contributed by atoms with Gasteiger partial charge in [0.25, 0.3) is 5.92 Å². The van der Waals surface area contributed by atoms with Crippen LogP contribution >= 0.6 is 0 Å². The highest BCUT2D eigenvalue weighted by Crippen LogP contribution is 2.54. The lowest BCUT2D eigenvalue weighted by molar-refractivity contribution is -0.141. The van der Waals surface area contributed by atoms with E-state index < -0.39 is 47.8 Å². The van der Waals surface area contributed by atoms with Crippen LogP contribution < -0.4 is 10.6 Å². The van der Waals surface area contributed by atoms with E-state index in [-0.39, 0.29) is 18.9 Å². The van der Waals surface area contributed by atoms with Crippen molar-refractivity contribution in [2.24, 2.45) is 11.8 Å². The molecule has 0 unspecified atom stereocenters. The molecule has 0 aliphatic heterocycles. The fourth-order valence-corrected chi connectivity index (χ4v) is 4.62. The number of amides is 2. The van der Waals surface area contributed by atoms with Gasteiger partial charge >= 0.3 is 12.1 Å². The average Bonchev–Trinajstić information content (AvgIpc) is 3.17. The number of fused-ring (bicyclic) bond motifs is 3. The molecule has 0 aromatic heterocycles. The van der Waals surface area contributed by atoms with Crippen LogP contribution in [0.5, 0.6) is 0 Å². The van der Waals surface area contributed by atoms with Crippen LogP contribution in [0.25, 0.3) is 11.1 Å². The smallest absolute Gasteiger partial charge is 0.407 e. The molecule has 3 N–H and O–H groups in total. The first-order chi connectivity index (χ1) is 16.0. The highest BCUT2D eigenvalue weighted by Gasteiger charge is 2.72. The quantitative estimate of drug-likeness (QED) is 0.543. The Morgan fingerprint density at radius 3 is 2.12 bits per heavy atom. The molecule has 2 amide bonds. The van der Waals surface area contributed by atoms with Crippen LogP contribution in [-0.2, 0) is 14.3 Å². The Labute approximate surface area is 195 Å². The predicted molar refractivity (Wildman–Crippen MR) is 119 cm³/mol. The van der Waals surface area contributed by atoms with Crippen LogP contribution in [0.2, 0.25) is 0 Å². The lowest BCUT2D eigenvalue weighted by Gasteiger charge is -2.25. The summed E-state index contributed by atoms with van der Waals surface area (Å²) in [5, 5.41) is 13.8. The maximum absolute atomic E-state index is 13.5. The first-order valence-electron chi connectivity index (χ1n) is 11.0. The third-order valence-electron chi connectivity index (χ3n) is 6.37. The first kappa shape index (κ1) is 23.7. The summed E-state index contributed by atoms with van der Waals surface area (Å²) >= 11 is 0. The van der Waals surface area contributed by atoms with Crippen LogP contribution in [0.1, 0.15) is 37.3 Å². The molecule has 2 aliphatic carbocycles. The molecule has 0 radical (unpaired) electrons. The minimum atomic E-state index is -3.33. The first-order valence-corrected chi connectivity index (χ1v) is 11.0. The summed E-state index contributed by atoms with van der Waals surface area (Å²) in [6, 6.07) is 15.9. The molecule has 1 fully saturated rings. The zero-order valence-corrected chi connectivity index (χ0v) is 18.8. The largest absolute Gasteiger partial charge is 0.481 e. The molecular weight excluding hydrogens is 446 g/mol. The number of ether oxygens (including phenoxy) is 1.